The third-order valence-corrected chi connectivity index (χ3v) is 7.26. The van der Waals surface area contributed by atoms with Crippen molar-refractivity contribution in [3.8, 4) is 17.1 Å². The molecular formula is C26H29N5O3S. The highest BCUT2D eigenvalue weighted by Crippen LogP contribution is 2.31. The Balaban J connectivity index is 1.35. The van der Waals surface area contributed by atoms with E-state index in [-0.39, 0.29) is 17.8 Å². The monoisotopic (exact) mass is 491 g/mol. The maximum atomic E-state index is 13.0. The molecule has 0 bridgehead atoms. The van der Waals surface area contributed by atoms with Crippen LogP contribution in [0.2, 0.25) is 0 Å². The largest absolute Gasteiger partial charge is 0.496 e. The second kappa shape index (κ2) is 10.5. The van der Waals surface area contributed by atoms with Gasteiger partial charge in [0.15, 0.2) is 11.0 Å². The molecule has 182 valence electrons. The quantitative estimate of drug-likeness (QED) is 0.350. The Hall–Kier alpha value is -3.30. The van der Waals surface area contributed by atoms with Crippen molar-refractivity contribution in [1.29, 1.82) is 0 Å². The van der Waals surface area contributed by atoms with Gasteiger partial charge >= 0.3 is 0 Å². The summed E-state index contributed by atoms with van der Waals surface area (Å²) in [7, 11) is 3.45. The molecule has 1 fully saturated rings. The molecule has 0 aliphatic carbocycles. The maximum Gasteiger partial charge on any atom is 0.233 e. The third kappa shape index (κ3) is 5.06. The van der Waals surface area contributed by atoms with Crippen LogP contribution in [0.5, 0.6) is 5.75 Å². The summed E-state index contributed by atoms with van der Waals surface area (Å²) in [6.07, 6.45) is 4.17. The standard InChI is InChI=1S/C26H29N5O3S/c1-30(15-18-8-3-6-12-23(18)33-2)24(32)17-35-26-29-28-25(31(26)16-19-9-7-13-34-19)21-14-27-22-11-5-4-10-20(21)22/h3-6,8,10-12,14,19,27H,7,9,13,15-17H2,1-2H3. The molecule has 0 saturated carbocycles. The Bertz CT molecular complexity index is 1310. The Kier molecular flexibility index (Phi) is 7.06. The van der Waals surface area contributed by atoms with Gasteiger partial charge in [0.2, 0.25) is 5.91 Å². The number of rotatable bonds is 9. The number of para-hydroxylation sites is 2. The van der Waals surface area contributed by atoms with E-state index < -0.39 is 0 Å². The fourth-order valence-corrected chi connectivity index (χ4v) is 5.31. The summed E-state index contributed by atoms with van der Waals surface area (Å²) in [4.78, 5) is 18.0. The minimum atomic E-state index is 0.0150. The molecule has 1 aliphatic heterocycles. The number of H-pyrrole nitrogens is 1. The molecule has 2 aromatic heterocycles. The molecule has 9 heteroatoms. The van der Waals surface area contributed by atoms with E-state index in [1.54, 1.807) is 12.0 Å². The van der Waals surface area contributed by atoms with Crippen LogP contribution in [0.4, 0.5) is 0 Å². The highest BCUT2D eigenvalue weighted by molar-refractivity contribution is 7.99. The highest BCUT2D eigenvalue weighted by Gasteiger charge is 2.24. The Morgan fingerprint density at radius 2 is 2.06 bits per heavy atom. The number of methoxy groups -OCH3 is 1. The number of ether oxygens (including phenoxy) is 2. The highest BCUT2D eigenvalue weighted by atomic mass is 32.2. The number of amides is 1. The minimum absolute atomic E-state index is 0.0150. The van der Waals surface area contributed by atoms with Crippen LogP contribution in [0.1, 0.15) is 18.4 Å². The number of carbonyl (C=O) groups excluding carboxylic acids is 1. The molecule has 4 aromatic rings. The van der Waals surface area contributed by atoms with Crippen LogP contribution in [0.3, 0.4) is 0 Å². The first-order valence-electron chi connectivity index (χ1n) is 11.7. The summed E-state index contributed by atoms with van der Waals surface area (Å²) in [5.74, 6) is 1.85. The molecule has 1 aliphatic rings. The lowest BCUT2D eigenvalue weighted by molar-refractivity contribution is -0.127. The molecule has 1 saturated heterocycles. The number of nitrogens with zero attached hydrogens (tertiary/aromatic N) is 4. The molecule has 3 heterocycles. The van der Waals surface area contributed by atoms with Gasteiger partial charge in [-0.15, -0.1) is 10.2 Å². The van der Waals surface area contributed by atoms with E-state index >= 15 is 0 Å². The number of fused-ring (bicyclic) bond motifs is 1. The molecule has 8 nitrogen and oxygen atoms in total. The zero-order chi connectivity index (χ0) is 24.2. The van der Waals surface area contributed by atoms with Gasteiger partial charge in [-0.25, -0.2) is 0 Å². The van der Waals surface area contributed by atoms with Crippen LogP contribution in [0.25, 0.3) is 22.3 Å². The lowest BCUT2D eigenvalue weighted by Gasteiger charge is -2.19. The van der Waals surface area contributed by atoms with E-state index in [0.29, 0.717) is 13.1 Å². The number of thioether (sulfide) groups is 1. The molecule has 35 heavy (non-hydrogen) atoms. The van der Waals surface area contributed by atoms with Crippen LogP contribution in [-0.4, -0.2) is 63.2 Å². The summed E-state index contributed by atoms with van der Waals surface area (Å²) < 4.78 is 13.4. The predicted octanol–water partition coefficient (Wildman–Crippen LogP) is 4.36. The number of benzene rings is 2. The van der Waals surface area contributed by atoms with Crippen LogP contribution in [-0.2, 0) is 22.6 Å². The maximum absolute atomic E-state index is 13.0. The number of carbonyl (C=O) groups is 1. The molecule has 1 N–H and O–H groups in total. The average Bonchev–Trinajstić information content (AvgIpc) is 3.63. The molecule has 0 spiro atoms. The van der Waals surface area contributed by atoms with E-state index in [1.165, 1.54) is 11.8 Å². The number of aromatic nitrogens is 4. The number of hydrogen-bond acceptors (Lipinski definition) is 6. The summed E-state index contributed by atoms with van der Waals surface area (Å²) in [6.45, 7) is 1.92. The van der Waals surface area contributed by atoms with E-state index in [2.05, 4.69) is 25.8 Å². The van der Waals surface area contributed by atoms with Gasteiger partial charge in [0, 0.05) is 48.4 Å². The number of aromatic amines is 1. The van der Waals surface area contributed by atoms with Crippen molar-refractivity contribution in [1.82, 2.24) is 24.6 Å². The van der Waals surface area contributed by atoms with Crippen LogP contribution in [0, 0.1) is 0 Å². The molecule has 1 amide bonds. The zero-order valence-electron chi connectivity index (χ0n) is 19.9. The lowest BCUT2D eigenvalue weighted by atomic mass is 10.1. The van der Waals surface area contributed by atoms with Gasteiger partial charge in [0.05, 0.1) is 25.5 Å². The molecule has 1 unspecified atom stereocenters. The van der Waals surface area contributed by atoms with Crippen molar-refractivity contribution >= 4 is 28.6 Å². The number of hydrogen-bond donors (Lipinski definition) is 1. The van der Waals surface area contributed by atoms with Crippen LogP contribution >= 0.6 is 11.8 Å². The second-order valence-electron chi connectivity index (χ2n) is 8.65. The van der Waals surface area contributed by atoms with E-state index in [0.717, 1.165) is 58.2 Å². The third-order valence-electron chi connectivity index (χ3n) is 6.31. The van der Waals surface area contributed by atoms with E-state index in [9.17, 15) is 4.79 Å². The zero-order valence-corrected chi connectivity index (χ0v) is 20.8. The molecule has 2 aromatic carbocycles. The normalized spacial score (nSPS) is 15.5. The first-order chi connectivity index (χ1) is 17.1. The predicted molar refractivity (Wildman–Crippen MR) is 136 cm³/mol. The van der Waals surface area contributed by atoms with Gasteiger partial charge in [-0.05, 0) is 25.0 Å². The Labute approximate surface area is 208 Å². The SMILES string of the molecule is COc1ccccc1CN(C)C(=O)CSc1nnc(-c2c[nH]c3ccccc23)n1CC1CCCO1. The smallest absolute Gasteiger partial charge is 0.233 e. The van der Waals surface area contributed by atoms with Gasteiger partial charge in [-0.1, -0.05) is 48.2 Å². The topological polar surface area (TPSA) is 85.3 Å². The average molecular weight is 492 g/mol. The number of nitrogens with one attached hydrogen (secondary N) is 1. The van der Waals surface area contributed by atoms with Gasteiger partial charge in [-0.2, -0.15) is 0 Å². The van der Waals surface area contributed by atoms with Crippen LogP contribution in [0.15, 0.2) is 59.9 Å². The fraction of sp³-hybridized carbons (Fsp3) is 0.346. The van der Waals surface area contributed by atoms with Crippen molar-refractivity contribution in [3.05, 3.63) is 60.3 Å². The van der Waals surface area contributed by atoms with Crippen molar-refractivity contribution in [2.75, 3.05) is 26.5 Å². The van der Waals surface area contributed by atoms with Gasteiger partial charge in [0.25, 0.3) is 0 Å². The first-order valence-corrected chi connectivity index (χ1v) is 12.7. The van der Waals surface area contributed by atoms with Gasteiger partial charge < -0.3 is 19.4 Å². The summed E-state index contributed by atoms with van der Waals surface area (Å²) in [5.41, 5.74) is 3.02. The van der Waals surface area contributed by atoms with E-state index in [1.807, 2.05) is 55.7 Å². The van der Waals surface area contributed by atoms with Gasteiger partial charge in [-0.3, -0.25) is 9.36 Å². The Morgan fingerprint density at radius 1 is 1.23 bits per heavy atom. The molecular weight excluding hydrogens is 462 g/mol. The summed E-state index contributed by atoms with van der Waals surface area (Å²) >= 11 is 1.41. The van der Waals surface area contributed by atoms with Crippen molar-refractivity contribution in [2.45, 2.75) is 37.2 Å². The van der Waals surface area contributed by atoms with Crippen molar-refractivity contribution in [3.63, 3.8) is 0 Å². The molecule has 5 rings (SSSR count). The van der Waals surface area contributed by atoms with Crippen LogP contribution < -0.4 is 4.74 Å². The van der Waals surface area contributed by atoms with Crippen molar-refractivity contribution < 1.29 is 14.3 Å². The lowest BCUT2D eigenvalue weighted by Crippen LogP contribution is -2.28. The molecule has 0 radical (unpaired) electrons. The first kappa shape index (κ1) is 23.4. The summed E-state index contributed by atoms with van der Waals surface area (Å²) in [6, 6.07) is 15.9. The Morgan fingerprint density at radius 3 is 2.89 bits per heavy atom. The fourth-order valence-electron chi connectivity index (χ4n) is 4.42. The summed E-state index contributed by atoms with van der Waals surface area (Å²) in [5, 5.41) is 10.8. The van der Waals surface area contributed by atoms with Gasteiger partial charge in [0.1, 0.15) is 5.75 Å². The molecule has 1 atom stereocenters. The van der Waals surface area contributed by atoms with E-state index in [4.69, 9.17) is 9.47 Å². The van der Waals surface area contributed by atoms with Crippen molar-refractivity contribution in [2.24, 2.45) is 0 Å². The minimum Gasteiger partial charge on any atom is -0.496 e. The second-order valence-corrected chi connectivity index (χ2v) is 9.59.